The molecule has 0 spiro atoms. The van der Waals surface area contributed by atoms with Crippen LogP contribution in [0.15, 0.2) is 54.6 Å². The Morgan fingerprint density at radius 2 is 1.86 bits per heavy atom. The number of alkyl halides is 2. The first-order valence-electron chi connectivity index (χ1n) is 4.48. The van der Waals surface area contributed by atoms with Gasteiger partial charge in [-0.3, -0.25) is 0 Å². The fourth-order valence-corrected chi connectivity index (χ4v) is 2.40. The molecule has 0 aliphatic heterocycles. The third-order valence-corrected chi connectivity index (χ3v) is 4.22. The summed E-state index contributed by atoms with van der Waals surface area (Å²) in [5.74, 6) is 0. The van der Waals surface area contributed by atoms with Gasteiger partial charge in [0.05, 0.1) is 4.83 Å². The van der Waals surface area contributed by atoms with Crippen molar-refractivity contribution in [3.05, 3.63) is 60.2 Å². The van der Waals surface area contributed by atoms with Gasteiger partial charge in [-0.2, -0.15) is 0 Å². The Bertz CT molecular complexity index is 369. The molecular formula is C12H10BrCl. The molecule has 0 heterocycles. The molecule has 2 unspecified atom stereocenters. The van der Waals surface area contributed by atoms with Crippen LogP contribution >= 0.6 is 27.5 Å². The lowest BCUT2D eigenvalue weighted by atomic mass is 9.91. The average Bonchev–Trinajstić information content (AvgIpc) is 2.24. The summed E-state index contributed by atoms with van der Waals surface area (Å²) in [6.07, 6.45) is 8.06. The molecule has 2 rings (SSSR count). The van der Waals surface area contributed by atoms with Crippen molar-refractivity contribution in [2.75, 3.05) is 0 Å². The number of benzene rings is 1. The van der Waals surface area contributed by atoms with Gasteiger partial charge in [-0.05, 0) is 5.56 Å². The molecule has 1 aromatic carbocycles. The van der Waals surface area contributed by atoms with Crippen molar-refractivity contribution in [1.29, 1.82) is 0 Å². The Kier molecular flexibility index (Phi) is 2.80. The molecule has 0 N–H and O–H groups in total. The number of halogens is 2. The minimum atomic E-state index is -0.448. The van der Waals surface area contributed by atoms with Gasteiger partial charge in [-0.25, -0.2) is 0 Å². The van der Waals surface area contributed by atoms with Crippen LogP contribution in [0.25, 0.3) is 0 Å². The van der Waals surface area contributed by atoms with E-state index >= 15 is 0 Å². The maximum Gasteiger partial charge on any atom is 0.104 e. The first kappa shape index (κ1) is 10.0. The topological polar surface area (TPSA) is 0 Å². The molecule has 72 valence electrons. The highest BCUT2D eigenvalue weighted by Crippen LogP contribution is 2.40. The van der Waals surface area contributed by atoms with E-state index in [1.54, 1.807) is 0 Å². The second-order valence-corrected chi connectivity index (χ2v) is 4.89. The molecule has 0 aromatic heterocycles. The van der Waals surface area contributed by atoms with E-state index in [2.05, 4.69) is 22.0 Å². The zero-order chi connectivity index (χ0) is 10.0. The zero-order valence-electron chi connectivity index (χ0n) is 7.53. The van der Waals surface area contributed by atoms with Gasteiger partial charge in [-0.1, -0.05) is 70.6 Å². The maximum atomic E-state index is 6.57. The Morgan fingerprint density at radius 3 is 2.50 bits per heavy atom. The van der Waals surface area contributed by atoms with E-state index in [1.807, 2.05) is 48.6 Å². The molecule has 0 bridgehead atoms. The lowest BCUT2D eigenvalue weighted by Crippen LogP contribution is -2.27. The first-order chi connectivity index (χ1) is 6.73. The van der Waals surface area contributed by atoms with Gasteiger partial charge in [0.1, 0.15) is 4.87 Å². The van der Waals surface area contributed by atoms with Crippen molar-refractivity contribution in [2.45, 2.75) is 9.70 Å². The van der Waals surface area contributed by atoms with Crippen molar-refractivity contribution < 1.29 is 0 Å². The Balaban J connectivity index is 2.42. The van der Waals surface area contributed by atoms with Gasteiger partial charge in [0.25, 0.3) is 0 Å². The summed E-state index contributed by atoms with van der Waals surface area (Å²) < 4.78 is 0. The van der Waals surface area contributed by atoms with E-state index in [-0.39, 0.29) is 4.83 Å². The Hall–Kier alpha value is -0.530. The third-order valence-electron chi connectivity index (χ3n) is 2.35. The van der Waals surface area contributed by atoms with E-state index in [4.69, 9.17) is 11.6 Å². The highest BCUT2D eigenvalue weighted by atomic mass is 79.9. The highest BCUT2D eigenvalue weighted by Gasteiger charge is 2.34. The second-order valence-electron chi connectivity index (χ2n) is 3.28. The zero-order valence-corrected chi connectivity index (χ0v) is 9.87. The van der Waals surface area contributed by atoms with Crippen molar-refractivity contribution in [3.63, 3.8) is 0 Å². The fraction of sp³-hybridized carbons (Fsp3) is 0.167. The van der Waals surface area contributed by atoms with Crippen LogP contribution in [0.1, 0.15) is 5.56 Å². The van der Waals surface area contributed by atoms with Crippen molar-refractivity contribution >= 4 is 27.5 Å². The summed E-state index contributed by atoms with van der Waals surface area (Å²) >= 11 is 10.1. The summed E-state index contributed by atoms with van der Waals surface area (Å²) in [5.41, 5.74) is 1.11. The molecule has 0 amide bonds. The monoisotopic (exact) mass is 268 g/mol. The molecule has 1 aliphatic carbocycles. The molecular weight excluding hydrogens is 259 g/mol. The number of rotatable bonds is 1. The molecule has 0 radical (unpaired) electrons. The molecule has 2 atom stereocenters. The van der Waals surface area contributed by atoms with Gasteiger partial charge in [0, 0.05) is 0 Å². The van der Waals surface area contributed by atoms with E-state index in [9.17, 15) is 0 Å². The third kappa shape index (κ3) is 1.67. The van der Waals surface area contributed by atoms with E-state index in [0.717, 1.165) is 5.56 Å². The molecule has 0 nitrogen and oxygen atoms in total. The average molecular weight is 270 g/mol. The largest absolute Gasteiger partial charge is 0.108 e. The van der Waals surface area contributed by atoms with Crippen LogP contribution in [0.4, 0.5) is 0 Å². The van der Waals surface area contributed by atoms with E-state index < -0.39 is 4.87 Å². The molecule has 1 aromatic rings. The maximum absolute atomic E-state index is 6.57. The summed E-state index contributed by atoms with van der Waals surface area (Å²) in [7, 11) is 0. The van der Waals surface area contributed by atoms with E-state index in [1.165, 1.54) is 0 Å². The predicted octanol–water partition coefficient (Wildman–Crippen LogP) is 4.01. The van der Waals surface area contributed by atoms with Crippen LogP contribution < -0.4 is 0 Å². The van der Waals surface area contributed by atoms with Gasteiger partial charge < -0.3 is 0 Å². The van der Waals surface area contributed by atoms with Crippen LogP contribution in [-0.2, 0) is 4.87 Å². The Labute approximate surface area is 97.4 Å². The first-order valence-corrected chi connectivity index (χ1v) is 5.77. The molecule has 2 heteroatoms. The van der Waals surface area contributed by atoms with Crippen LogP contribution in [-0.4, -0.2) is 4.83 Å². The summed E-state index contributed by atoms with van der Waals surface area (Å²) in [4.78, 5) is -0.306. The van der Waals surface area contributed by atoms with Crippen LogP contribution in [0.3, 0.4) is 0 Å². The van der Waals surface area contributed by atoms with E-state index in [0.29, 0.717) is 0 Å². The summed E-state index contributed by atoms with van der Waals surface area (Å²) in [6, 6.07) is 10.1. The number of allylic oxidation sites excluding steroid dienone is 4. The lowest BCUT2D eigenvalue weighted by Gasteiger charge is -2.29. The standard InChI is InChI=1S/C12H10BrCl/c13-11-8-4-5-9-12(11,14)10-6-2-1-3-7-10/h1-9,11H. The normalized spacial score (nSPS) is 30.6. The van der Waals surface area contributed by atoms with Gasteiger partial charge in [0.2, 0.25) is 0 Å². The second kappa shape index (κ2) is 3.92. The molecule has 0 fully saturated rings. The number of hydrogen-bond acceptors (Lipinski definition) is 0. The minimum absolute atomic E-state index is 0.143. The summed E-state index contributed by atoms with van der Waals surface area (Å²) in [5, 5.41) is 0. The highest BCUT2D eigenvalue weighted by molar-refractivity contribution is 9.09. The van der Waals surface area contributed by atoms with Crippen molar-refractivity contribution in [2.24, 2.45) is 0 Å². The quantitative estimate of drug-likeness (QED) is 0.676. The van der Waals surface area contributed by atoms with Gasteiger partial charge in [-0.15, -0.1) is 11.6 Å². The predicted molar refractivity (Wildman–Crippen MR) is 65.0 cm³/mol. The lowest BCUT2D eigenvalue weighted by molar-refractivity contribution is 0.790. The van der Waals surface area contributed by atoms with Crippen LogP contribution in [0, 0.1) is 0 Å². The molecule has 14 heavy (non-hydrogen) atoms. The van der Waals surface area contributed by atoms with Crippen molar-refractivity contribution in [3.8, 4) is 0 Å². The van der Waals surface area contributed by atoms with Crippen LogP contribution in [0.2, 0.25) is 0 Å². The minimum Gasteiger partial charge on any atom is -0.108 e. The SMILES string of the molecule is ClC1(c2ccccc2)C=CC=CC1Br. The number of hydrogen-bond donors (Lipinski definition) is 0. The van der Waals surface area contributed by atoms with Gasteiger partial charge in [0.15, 0.2) is 0 Å². The Morgan fingerprint density at radius 1 is 1.14 bits per heavy atom. The smallest absolute Gasteiger partial charge is 0.104 e. The summed E-state index contributed by atoms with van der Waals surface area (Å²) in [6.45, 7) is 0. The van der Waals surface area contributed by atoms with Crippen molar-refractivity contribution in [1.82, 2.24) is 0 Å². The molecule has 0 saturated heterocycles. The fourth-order valence-electron chi connectivity index (χ4n) is 1.54. The molecule has 0 saturated carbocycles. The molecule has 1 aliphatic rings. The van der Waals surface area contributed by atoms with Crippen LogP contribution in [0.5, 0.6) is 0 Å². The van der Waals surface area contributed by atoms with Gasteiger partial charge >= 0.3 is 0 Å².